The molecule has 1 aliphatic heterocycles. The van der Waals surface area contributed by atoms with E-state index < -0.39 is 0 Å². The third kappa shape index (κ3) is 3.79. The fourth-order valence-corrected chi connectivity index (χ4v) is 2.24. The molecule has 0 amide bonds. The summed E-state index contributed by atoms with van der Waals surface area (Å²) in [5.74, 6) is 1.55. The molecule has 0 unspecified atom stereocenters. The summed E-state index contributed by atoms with van der Waals surface area (Å²) in [5.41, 5.74) is 1.22. The Morgan fingerprint density at radius 3 is 2.61 bits per heavy atom. The van der Waals surface area contributed by atoms with E-state index >= 15 is 0 Å². The smallest absolute Gasteiger partial charge is 0.131 e. The van der Waals surface area contributed by atoms with E-state index in [-0.39, 0.29) is 0 Å². The first-order valence-electron chi connectivity index (χ1n) is 6.77. The van der Waals surface area contributed by atoms with Crippen molar-refractivity contribution in [3.8, 4) is 0 Å². The molecule has 0 spiro atoms. The predicted molar refractivity (Wildman–Crippen MR) is 75.9 cm³/mol. The molecule has 2 rings (SSSR count). The SMILES string of the molecule is CC.Cc1cccnc1N1CCC(CN=O)CC1. The van der Waals surface area contributed by atoms with E-state index in [0.717, 1.165) is 31.7 Å². The molecular weight excluding hydrogens is 226 g/mol. The average molecular weight is 249 g/mol. The van der Waals surface area contributed by atoms with Crippen LogP contribution in [0.3, 0.4) is 0 Å². The lowest BCUT2D eigenvalue weighted by molar-refractivity contribution is 0.412. The van der Waals surface area contributed by atoms with Gasteiger partial charge in [-0.05, 0) is 37.3 Å². The fraction of sp³-hybridized carbons (Fsp3) is 0.643. The van der Waals surface area contributed by atoms with Crippen molar-refractivity contribution < 1.29 is 0 Å². The molecular formula is C14H23N3O. The van der Waals surface area contributed by atoms with E-state index in [1.54, 1.807) is 0 Å². The maximum atomic E-state index is 10.2. The number of nitrogens with zero attached hydrogens (tertiary/aromatic N) is 3. The number of aromatic nitrogens is 1. The molecule has 1 aromatic heterocycles. The Kier molecular flexibility index (Phi) is 6.33. The Bertz CT molecular complexity index is 360. The van der Waals surface area contributed by atoms with E-state index in [9.17, 15) is 4.91 Å². The summed E-state index contributed by atoms with van der Waals surface area (Å²) in [4.78, 5) is 16.9. The van der Waals surface area contributed by atoms with Gasteiger partial charge in [0.15, 0.2) is 0 Å². The Morgan fingerprint density at radius 2 is 2.06 bits per heavy atom. The van der Waals surface area contributed by atoms with E-state index in [4.69, 9.17) is 0 Å². The molecule has 100 valence electrons. The van der Waals surface area contributed by atoms with E-state index in [1.807, 2.05) is 26.1 Å². The van der Waals surface area contributed by atoms with Gasteiger partial charge in [-0.25, -0.2) is 4.98 Å². The Balaban J connectivity index is 0.000000771. The normalized spacial score (nSPS) is 15.8. The first-order valence-corrected chi connectivity index (χ1v) is 6.77. The van der Waals surface area contributed by atoms with Crippen molar-refractivity contribution in [1.29, 1.82) is 0 Å². The summed E-state index contributed by atoms with van der Waals surface area (Å²) in [7, 11) is 0. The van der Waals surface area contributed by atoms with Crippen LogP contribution in [0.5, 0.6) is 0 Å². The standard InChI is InChI=1S/C12H17N3O.C2H6/c1-10-3-2-6-13-12(10)15-7-4-11(5-8-15)9-14-16;1-2/h2-3,6,11H,4-5,7-9H2,1H3;1-2H3. The van der Waals surface area contributed by atoms with Gasteiger partial charge in [-0.1, -0.05) is 25.1 Å². The van der Waals surface area contributed by atoms with Crippen molar-refractivity contribution in [3.63, 3.8) is 0 Å². The minimum Gasteiger partial charge on any atom is -0.356 e. The van der Waals surface area contributed by atoms with Crippen molar-refractivity contribution in [2.24, 2.45) is 11.1 Å². The van der Waals surface area contributed by atoms with Crippen LogP contribution in [0.15, 0.2) is 23.5 Å². The summed E-state index contributed by atoms with van der Waals surface area (Å²) in [5, 5.41) is 2.99. The topological polar surface area (TPSA) is 45.6 Å². The molecule has 4 nitrogen and oxygen atoms in total. The van der Waals surface area contributed by atoms with Gasteiger partial charge in [0, 0.05) is 19.3 Å². The predicted octanol–water partition coefficient (Wildman–Crippen LogP) is 3.40. The average Bonchev–Trinajstić information content (AvgIpc) is 2.43. The molecule has 1 saturated heterocycles. The van der Waals surface area contributed by atoms with Gasteiger partial charge in [0.2, 0.25) is 0 Å². The van der Waals surface area contributed by atoms with Crippen LogP contribution in [0.1, 0.15) is 32.3 Å². The zero-order valence-corrected chi connectivity index (χ0v) is 11.6. The summed E-state index contributed by atoms with van der Waals surface area (Å²) in [6.07, 6.45) is 3.92. The second kappa shape index (κ2) is 7.80. The Morgan fingerprint density at radius 1 is 1.39 bits per heavy atom. The van der Waals surface area contributed by atoms with Crippen molar-refractivity contribution in [3.05, 3.63) is 28.8 Å². The van der Waals surface area contributed by atoms with Gasteiger partial charge in [-0.15, -0.1) is 0 Å². The molecule has 1 aliphatic rings. The van der Waals surface area contributed by atoms with Crippen molar-refractivity contribution >= 4 is 5.82 Å². The highest BCUT2D eigenvalue weighted by Gasteiger charge is 2.20. The number of anilines is 1. The fourth-order valence-electron chi connectivity index (χ4n) is 2.24. The van der Waals surface area contributed by atoms with Crippen LogP contribution < -0.4 is 4.90 Å². The molecule has 0 N–H and O–H groups in total. The van der Waals surface area contributed by atoms with E-state index in [0.29, 0.717) is 12.5 Å². The minimum atomic E-state index is 0.467. The minimum absolute atomic E-state index is 0.467. The van der Waals surface area contributed by atoms with Crippen LogP contribution >= 0.6 is 0 Å². The first kappa shape index (κ1) is 14.6. The van der Waals surface area contributed by atoms with Gasteiger partial charge < -0.3 is 4.90 Å². The number of pyridine rings is 1. The van der Waals surface area contributed by atoms with Crippen LogP contribution in [0.4, 0.5) is 5.82 Å². The summed E-state index contributed by atoms with van der Waals surface area (Å²) < 4.78 is 0. The van der Waals surface area contributed by atoms with Gasteiger partial charge in [0.25, 0.3) is 0 Å². The summed E-state index contributed by atoms with van der Waals surface area (Å²) in [6.45, 7) is 8.52. The number of piperidine rings is 1. The lowest BCUT2D eigenvalue weighted by atomic mass is 9.97. The molecule has 0 bridgehead atoms. The lowest BCUT2D eigenvalue weighted by Crippen LogP contribution is -2.35. The van der Waals surface area contributed by atoms with Gasteiger partial charge in [0.05, 0.1) is 6.54 Å². The molecule has 18 heavy (non-hydrogen) atoms. The maximum Gasteiger partial charge on any atom is 0.131 e. The van der Waals surface area contributed by atoms with Gasteiger partial charge in [0.1, 0.15) is 5.82 Å². The monoisotopic (exact) mass is 249 g/mol. The van der Waals surface area contributed by atoms with Gasteiger partial charge >= 0.3 is 0 Å². The van der Waals surface area contributed by atoms with Crippen LogP contribution in [-0.4, -0.2) is 24.6 Å². The maximum absolute atomic E-state index is 10.2. The second-order valence-corrected chi connectivity index (χ2v) is 4.39. The lowest BCUT2D eigenvalue weighted by Gasteiger charge is -2.32. The number of hydrogen-bond donors (Lipinski definition) is 0. The summed E-state index contributed by atoms with van der Waals surface area (Å²) >= 11 is 0. The van der Waals surface area contributed by atoms with Gasteiger partial charge in [-0.3, -0.25) is 0 Å². The van der Waals surface area contributed by atoms with Crippen LogP contribution in [0.25, 0.3) is 0 Å². The molecule has 2 heterocycles. The van der Waals surface area contributed by atoms with Crippen LogP contribution in [0, 0.1) is 17.7 Å². The summed E-state index contributed by atoms with van der Waals surface area (Å²) in [6, 6.07) is 4.04. The van der Waals surface area contributed by atoms with Crippen LogP contribution in [-0.2, 0) is 0 Å². The molecule has 1 aromatic rings. The molecule has 4 heteroatoms. The Labute approximate surface area is 109 Å². The number of hydrogen-bond acceptors (Lipinski definition) is 4. The largest absolute Gasteiger partial charge is 0.356 e. The van der Waals surface area contributed by atoms with Crippen molar-refractivity contribution in [2.45, 2.75) is 33.6 Å². The molecule has 0 saturated carbocycles. The van der Waals surface area contributed by atoms with Crippen molar-refractivity contribution in [1.82, 2.24) is 4.98 Å². The van der Waals surface area contributed by atoms with E-state index in [1.165, 1.54) is 5.56 Å². The molecule has 1 fully saturated rings. The number of rotatable bonds is 3. The zero-order chi connectivity index (χ0) is 13.4. The molecule has 0 aromatic carbocycles. The third-order valence-corrected chi connectivity index (χ3v) is 3.23. The number of aryl methyl sites for hydroxylation is 1. The molecule has 0 radical (unpaired) electrons. The third-order valence-electron chi connectivity index (χ3n) is 3.23. The van der Waals surface area contributed by atoms with Gasteiger partial charge in [-0.2, -0.15) is 4.91 Å². The highest BCUT2D eigenvalue weighted by atomic mass is 16.3. The van der Waals surface area contributed by atoms with Crippen molar-refractivity contribution in [2.75, 3.05) is 24.5 Å². The highest BCUT2D eigenvalue weighted by Crippen LogP contribution is 2.23. The Hall–Kier alpha value is -1.45. The quantitative estimate of drug-likeness (QED) is 0.771. The molecule has 0 aliphatic carbocycles. The van der Waals surface area contributed by atoms with E-state index in [2.05, 4.69) is 28.1 Å². The molecule has 0 atom stereocenters. The van der Waals surface area contributed by atoms with Crippen LogP contribution in [0.2, 0.25) is 0 Å². The number of nitroso groups, excluding NO2 is 1. The zero-order valence-electron chi connectivity index (χ0n) is 11.6. The first-order chi connectivity index (χ1) is 8.81. The highest BCUT2D eigenvalue weighted by molar-refractivity contribution is 5.46. The second-order valence-electron chi connectivity index (χ2n) is 4.39.